The Kier molecular flexibility index (Phi) is 5.78. The maximum absolute atomic E-state index is 12.5. The number of carbonyl (C=O) groups excluding carboxylic acids is 3. The normalized spacial score (nSPS) is 18.8. The van der Waals surface area contributed by atoms with E-state index in [-0.39, 0.29) is 24.1 Å². The van der Waals surface area contributed by atoms with Crippen LogP contribution < -0.4 is 10.6 Å². The fraction of sp³-hybridized carbons (Fsp3) is 0.273. The molecule has 2 N–H and O–H groups in total. The van der Waals surface area contributed by atoms with Gasteiger partial charge in [0.1, 0.15) is 5.01 Å². The molecule has 1 fully saturated rings. The molecule has 8 heteroatoms. The molecule has 0 spiro atoms. The smallest absolute Gasteiger partial charge is 0.237 e. The van der Waals surface area contributed by atoms with E-state index < -0.39 is 5.41 Å². The third-order valence-electron chi connectivity index (χ3n) is 5.42. The lowest BCUT2D eigenvalue weighted by molar-refractivity contribution is -0.138. The van der Waals surface area contributed by atoms with Gasteiger partial charge in [0.15, 0.2) is 0 Å². The number of amides is 3. The van der Waals surface area contributed by atoms with Gasteiger partial charge in [-0.05, 0) is 42.0 Å². The number of anilines is 1. The molecule has 6 nitrogen and oxygen atoms in total. The maximum atomic E-state index is 12.5. The van der Waals surface area contributed by atoms with E-state index in [1.165, 1.54) is 11.3 Å². The number of imide groups is 1. The van der Waals surface area contributed by atoms with Crippen LogP contribution >= 0.6 is 22.7 Å². The molecule has 1 aliphatic rings. The number of carbonyl (C=O) groups is 3. The first-order valence-electron chi connectivity index (χ1n) is 9.73. The summed E-state index contributed by atoms with van der Waals surface area (Å²) < 4.78 is 0. The van der Waals surface area contributed by atoms with Crippen LogP contribution in [0.25, 0.3) is 9.88 Å². The molecule has 0 saturated carbocycles. The predicted molar refractivity (Wildman–Crippen MR) is 119 cm³/mol. The molecule has 1 saturated heterocycles. The van der Waals surface area contributed by atoms with Crippen LogP contribution in [-0.4, -0.2) is 22.7 Å². The Morgan fingerprint density at radius 2 is 2.00 bits per heavy atom. The van der Waals surface area contributed by atoms with Gasteiger partial charge in [-0.25, -0.2) is 4.98 Å². The van der Waals surface area contributed by atoms with Gasteiger partial charge >= 0.3 is 0 Å². The highest BCUT2D eigenvalue weighted by atomic mass is 32.1. The van der Waals surface area contributed by atoms with Crippen molar-refractivity contribution in [2.45, 2.75) is 38.0 Å². The van der Waals surface area contributed by atoms with E-state index in [1.807, 2.05) is 41.9 Å². The van der Waals surface area contributed by atoms with Gasteiger partial charge in [-0.15, -0.1) is 22.7 Å². The molecule has 3 heterocycles. The minimum Gasteiger partial charge on any atom is -0.326 e. The lowest BCUT2D eigenvalue weighted by Crippen LogP contribution is -2.51. The predicted octanol–water partition coefficient (Wildman–Crippen LogP) is 4.14. The van der Waals surface area contributed by atoms with Crippen molar-refractivity contribution in [2.75, 3.05) is 5.32 Å². The summed E-state index contributed by atoms with van der Waals surface area (Å²) in [7, 11) is 0. The van der Waals surface area contributed by atoms with Crippen LogP contribution in [0.2, 0.25) is 0 Å². The Hall–Kier alpha value is -2.84. The minimum atomic E-state index is -0.699. The van der Waals surface area contributed by atoms with Crippen molar-refractivity contribution in [2.24, 2.45) is 0 Å². The first-order chi connectivity index (χ1) is 14.5. The van der Waals surface area contributed by atoms with Gasteiger partial charge in [0.05, 0.1) is 22.4 Å². The Balaban J connectivity index is 1.41. The third kappa shape index (κ3) is 4.06. The molecule has 30 heavy (non-hydrogen) atoms. The van der Waals surface area contributed by atoms with Crippen LogP contribution in [0.15, 0.2) is 47.2 Å². The average Bonchev–Trinajstić information content (AvgIpc) is 3.41. The molecular formula is C22H21N3O3S2. The van der Waals surface area contributed by atoms with Crippen LogP contribution in [0.4, 0.5) is 5.69 Å². The highest BCUT2D eigenvalue weighted by molar-refractivity contribution is 7.20. The largest absolute Gasteiger partial charge is 0.326 e. The van der Waals surface area contributed by atoms with Gasteiger partial charge in [0.2, 0.25) is 17.7 Å². The van der Waals surface area contributed by atoms with Crippen molar-refractivity contribution < 1.29 is 14.4 Å². The Morgan fingerprint density at radius 1 is 1.20 bits per heavy atom. The van der Waals surface area contributed by atoms with E-state index in [1.54, 1.807) is 23.5 Å². The van der Waals surface area contributed by atoms with Crippen molar-refractivity contribution in [3.63, 3.8) is 0 Å². The van der Waals surface area contributed by atoms with Gasteiger partial charge in [0, 0.05) is 17.5 Å². The SMILES string of the molecule is CCC1(c2ccc(NC(=O)Cc3csc(-c4cccs4)n3)cc2)CCC(=O)NC1=O. The highest BCUT2D eigenvalue weighted by Gasteiger charge is 2.42. The number of hydrogen-bond acceptors (Lipinski definition) is 6. The zero-order chi connectivity index (χ0) is 21.1. The number of benzene rings is 1. The Morgan fingerprint density at radius 3 is 2.67 bits per heavy atom. The molecule has 1 aliphatic heterocycles. The second-order valence-electron chi connectivity index (χ2n) is 7.24. The summed E-state index contributed by atoms with van der Waals surface area (Å²) in [6.45, 7) is 1.95. The van der Waals surface area contributed by atoms with Crippen molar-refractivity contribution in [1.82, 2.24) is 10.3 Å². The van der Waals surface area contributed by atoms with Crippen molar-refractivity contribution >= 4 is 46.1 Å². The average molecular weight is 440 g/mol. The summed E-state index contributed by atoms with van der Waals surface area (Å²) in [5.74, 6) is -0.614. The molecule has 2 aromatic heterocycles. The number of rotatable bonds is 6. The molecular weight excluding hydrogens is 418 g/mol. The zero-order valence-electron chi connectivity index (χ0n) is 16.4. The number of hydrogen-bond donors (Lipinski definition) is 2. The van der Waals surface area contributed by atoms with Gasteiger partial charge in [-0.3, -0.25) is 19.7 Å². The van der Waals surface area contributed by atoms with Crippen LogP contribution in [0.5, 0.6) is 0 Å². The lowest BCUT2D eigenvalue weighted by atomic mass is 9.72. The monoisotopic (exact) mass is 439 g/mol. The van der Waals surface area contributed by atoms with E-state index in [4.69, 9.17) is 0 Å². The molecule has 0 bridgehead atoms. The number of nitrogens with one attached hydrogen (secondary N) is 2. The van der Waals surface area contributed by atoms with E-state index in [9.17, 15) is 14.4 Å². The molecule has 1 aromatic carbocycles. The molecule has 3 aromatic rings. The van der Waals surface area contributed by atoms with Gasteiger partial charge in [-0.1, -0.05) is 25.1 Å². The highest BCUT2D eigenvalue weighted by Crippen LogP contribution is 2.36. The summed E-state index contributed by atoms with van der Waals surface area (Å²) in [5, 5.41) is 10.2. The van der Waals surface area contributed by atoms with E-state index >= 15 is 0 Å². The summed E-state index contributed by atoms with van der Waals surface area (Å²) >= 11 is 3.16. The first kappa shape index (κ1) is 20.4. The number of aromatic nitrogens is 1. The molecule has 4 rings (SSSR count). The van der Waals surface area contributed by atoms with Gasteiger partial charge in [-0.2, -0.15) is 0 Å². The molecule has 0 radical (unpaired) electrons. The minimum absolute atomic E-state index is 0.142. The fourth-order valence-corrected chi connectivity index (χ4v) is 5.34. The Labute approximate surface area is 182 Å². The second-order valence-corrected chi connectivity index (χ2v) is 9.04. The molecule has 1 atom stereocenters. The van der Waals surface area contributed by atoms with Gasteiger partial charge < -0.3 is 5.32 Å². The summed E-state index contributed by atoms with van der Waals surface area (Å²) in [6, 6.07) is 11.3. The number of thiophene rings is 1. The molecule has 0 aliphatic carbocycles. The summed E-state index contributed by atoms with van der Waals surface area (Å²) in [5.41, 5.74) is 1.56. The number of thiazole rings is 1. The van der Waals surface area contributed by atoms with Crippen molar-refractivity contribution in [3.05, 3.63) is 58.4 Å². The van der Waals surface area contributed by atoms with Crippen molar-refractivity contribution in [1.29, 1.82) is 0 Å². The van der Waals surface area contributed by atoms with Gasteiger partial charge in [0.25, 0.3) is 0 Å². The molecule has 1 unspecified atom stereocenters. The molecule has 154 valence electrons. The van der Waals surface area contributed by atoms with Crippen LogP contribution in [0.3, 0.4) is 0 Å². The van der Waals surface area contributed by atoms with E-state index in [0.29, 0.717) is 24.9 Å². The zero-order valence-corrected chi connectivity index (χ0v) is 18.1. The lowest BCUT2D eigenvalue weighted by Gasteiger charge is -2.35. The standard InChI is InChI=1S/C22H21N3O3S2/c1-2-22(10-9-18(26)25-21(22)28)14-5-7-15(8-6-14)23-19(27)12-16-13-30-20(24-16)17-4-3-11-29-17/h3-8,11,13H,2,9-10,12H2,1H3,(H,23,27)(H,25,26,28). The summed E-state index contributed by atoms with van der Waals surface area (Å²) in [6.07, 6.45) is 1.64. The third-order valence-corrected chi connectivity index (χ3v) is 7.35. The van der Waals surface area contributed by atoms with Crippen molar-refractivity contribution in [3.8, 4) is 9.88 Å². The quantitative estimate of drug-likeness (QED) is 0.565. The van der Waals surface area contributed by atoms with Crippen LogP contribution in [0.1, 0.15) is 37.4 Å². The Bertz CT molecular complexity index is 1070. The summed E-state index contributed by atoms with van der Waals surface area (Å²) in [4.78, 5) is 42.1. The van der Waals surface area contributed by atoms with Crippen LogP contribution in [-0.2, 0) is 26.2 Å². The number of piperidine rings is 1. The van der Waals surface area contributed by atoms with E-state index in [0.717, 1.165) is 21.1 Å². The number of nitrogens with zero attached hydrogens (tertiary/aromatic N) is 1. The maximum Gasteiger partial charge on any atom is 0.237 e. The van der Waals surface area contributed by atoms with E-state index in [2.05, 4.69) is 15.6 Å². The topological polar surface area (TPSA) is 88.2 Å². The second kappa shape index (κ2) is 8.49. The molecule has 3 amide bonds. The first-order valence-corrected chi connectivity index (χ1v) is 11.5. The van der Waals surface area contributed by atoms with Crippen LogP contribution in [0, 0.1) is 0 Å². The fourth-order valence-electron chi connectivity index (χ4n) is 3.71.